The Kier molecular flexibility index (Phi) is 4.92. The lowest BCUT2D eigenvalue weighted by Crippen LogP contribution is -2.15. The molecule has 0 saturated carbocycles. The fourth-order valence-corrected chi connectivity index (χ4v) is 2.65. The van der Waals surface area contributed by atoms with Crippen LogP contribution in [0.4, 0.5) is 5.69 Å². The highest BCUT2D eigenvalue weighted by Gasteiger charge is 2.18. The van der Waals surface area contributed by atoms with Crippen LogP contribution in [0, 0.1) is 0 Å². The molecule has 3 nitrogen and oxygen atoms in total. The van der Waals surface area contributed by atoms with Crippen molar-refractivity contribution in [2.24, 2.45) is 0 Å². The van der Waals surface area contributed by atoms with E-state index < -0.39 is 0 Å². The molecule has 0 saturated heterocycles. The number of phenols is 1. The Bertz CT molecular complexity index is 800. The summed E-state index contributed by atoms with van der Waals surface area (Å²) in [5, 5.41) is 13.3. The minimum Gasteiger partial charge on any atom is -0.506 e. The third-order valence-electron chi connectivity index (χ3n) is 3.92. The van der Waals surface area contributed by atoms with E-state index in [-0.39, 0.29) is 17.6 Å². The van der Waals surface area contributed by atoms with Crippen LogP contribution in [0.1, 0.15) is 28.4 Å². The second kappa shape index (κ2) is 7.47. The van der Waals surface area contributed by atoms with E-state index in [1.807, 2.05) is 66.7 Å². The first-order valence-electron chi connectivity index (χ1n) is 7.92. The van der Waals surface area contributed by atoms with Crippen LogP contribution in [0.3, 0.4) is 0 Å². The highest BCUT2D eigenvalue weighted by Crippen LogP contribution is 2.29. The first-order chi connectivity index (χ1) is 11.7. The molecule has 3 aromatic rings. The van der Waals surface area contributed by atoms with Gasteiger partial charge in [-0.1, -0.05) is 72.8 Å². The van der Waals surface area contributed by atoms with Crippen LogP contribution in [-0.4, -0.2) is 10.9 Å². The molecule has 0 aliphatic heterocycles. The van der Waals surface area contributed by atoms with Gasteiger partial charge in [-0.25, -0.2) is 0 Å². The van der Waals surface area contributed by atoms with E-state index in [4.69, 9.17) is 0 Å². The predicted octanol–water partition coefficient (Wildman–Crippen LogP) is 4.82. The minimum absolute atomic E-state index is 0.0624. The highest BCUT2D eigenvalue weighted by atomic mass is 16.3. The summed E-state index contributed by atoms with van der Waals surface area (Å²) in [6.07, 6.45) is 0.308. The van der Waals surface area contributed by atoms with Crippen LogP contribution in [0.15, 0.2) is 84.9 Å². The Morgan fingerprint density at radius 2 is 1.42 bits per heavy atom. The van der Waals surface area contributed by atoms with Crippen LogP contribution in [0.5, 0.6) is 5.75 Å². The van der Waals surface area contributed by atoms with Gasteiger partial charge in [-0.15, -0.1) is 0 Å². The van der Waals surface area contributed by atoms with E-state index in [0.29, 0.717) is 17.7 Å². The summed E-state index contributed by atoms with van der Waals surface area (Å²) < 4.78 is 0. The number of carbonyl (C=O) groups is 1. The monoisotopic (exact) mass is 317 g/mol. The van der Waals surface area contributed by atoms with Crippen LogP contribution in [0.2, 0.25) is 0 Å². The highest BCUT2D eigenvalue weighted by molar-refractivity contribution is 5.96. The maximum Gasteiger partial charge on any atom is 0.165 e. The molecule has 0 spiro atoms. The van der Waals surface area contributed by atoms with Gasteiger partial charge in [0, 0.05) is 12.0 Å². The molecule has 0 amide bonds. The van der Waals surface area contributed by atoms with Crippen molar-refractivity contribution in [3.05, 3.63) is 96.1 Å². The van der Waals surface area contributed by atoms with E-state index in [0.717, 1.165) is 5.56 Å². The summed E-state index contributed by atoms with van der Waals surface area (Å²) in [4.78, 5) is 12.6. The normalized spacial score (nSPS) is 11.7. The van der Waals surface area contributed by atoms with E-state index >= 15 is 0 Å². The third kappa shape index (κ3) is 3.82. The van der Waals surface area contributed by atoms with Crippen molar-refractivity contribution in [3.63, 3.8) is 0 Å². The first kappa shape index (κ1) is 15.8. The molecule has 0 aliphatic carbocycles. The van der Waals surface area contributed by atoms with Gasteiger partial charge in [0.25, 0.3) is 0 Å². The standard InChI is InChI=1S/C21H19NO2/c23-20-14-8-7-13-18(20)22-19(16-9-3-1-4-10-16)15-21(24)17-11-5-2-6-12-17/h1-14,19,22-23H,15H2. The van der Waals surface area contributed by atoms with E-state index in [1.54, 1.807) is 18.2 Å². The average molecular weight is 317 g/mol. The Balaban J connectivity index is 1.86. The molecule has 3 heteroatoms. The minimum atomic E-state index is -0.216. The van der Waals surface area contributed by atoms with Gasteiger partial charge >= 0.3 is 0 Å². The molecular weight excluding hydrogens is 298 g/mol. The number of phenolic OH excluding ortho intramolecular Hbond substituents is 1. The molecule has 0 aliphatic rings. The summed E-state index contributed by atoms with van der Waals surface area (Å²) in [5.74, 6) is 0.234. The summed E-state index contributed by atoms with van der Waals surface area (Å²) in [7, 11) is 0. The summed E-state index contributed by atoms with van der Waals surface area (Å²) in [6.45, 7) is 0. The Morgan fingerprint density at radius 1 is 0.833 bits per heavy atom. The van der Waals surface area contributed by atoms with Gasteiger partial charge in [-0.05, 0) is 17.7 Å². The summed E-state index contributed by atoms with van der Waals surface area (Å²) >= 11 is 0. The van der Waals surface area contributed by atoms with Gasteiger partial charge in [0.1, 0.15) is 5.75 Å². The van der Waals surface area contributed by atoms with Gasteiger partial charge in [0.2, 0.25) is 0 Å². The molecule has 1 atom stereocenters. The first-order valence-corrected chi connectivity index (χ1v) is 7.92. The zero-order valence-corrected chi connectivity index (χ0v) is 13.2. The third-order valence-corrected chi connectivity index (χ3v) is 3.92. The number of rotatable bonds is 6. The zero-order valence-electron chi connectivity index (χ0n) is 13.2. The molecule has 0 bridgehead atoms. The van der Waals surface area contributed by atoms with Crippen LogP contribution < -0.4 is 5.32 Å². The average Bonchev–Trinajstić information content (AvgIpc) is 2.64. The molecule has 0 aromatic heterocycles. The Morgan fingerprint density at radius 3 is 2.08 bits per heavy atom. The number of hydrogen-bond acceptors (Lipinski definition) is 3. The Hall–Kier alpha value is -3.07. The maximum absolute atomic E-state index is 12.6. The number of hydrogen-bond donors (Lipinski definition) is 2. The van der Waals surface area contributed by atoms with Crippen LogP contribution in [-0.2, 0) is 0 Å². The van der Waals surface area contributed by atoms with Crippen molar-refractivity contribution in [1.82, 2.24) is 0 Å². The van der Waals surface area contributed by atoms with E-state index in [1.165, 1.54) is 0 Å². The Labute approximate surface area is 141 Å². The number of carbonyl (C=O) groups excluding carboxylic acids is 1. The number of ketones is 1. The van der Waals surface area contributed by atoms with Gasteiger partial charge in [0.05, 0.1) is 11.7 Å². The lowest BCUT2D eigenvalue weighted by Gasteiger charge is -2.20. The SMILES string of the molecule is O=C(CC(Nc1ccccc1O)c1ccccc1)c1ccccc1. The molecule has 120 valence electrons. The van der Waals surface area contributed by atoms with Crippen LogP contribution in [0.25, 0.3) is 0 Å². The lowest BCUT2D eigenvalue weighted by molar-refractivity contribution is 0.0976. The molecule has 0 radical (unpaired) electrons. The zero-order chi connectivity index (χ0) is 16.8. The second-order valence-electron chi connectivity index (χ2n) is 5.62. The fourth-order valence-electron chi connectivity index (χ4n) is 2.65. The number of Topliss-reactive ketones (excluding diaryl/α,β-unsaturated/α-hetero) is 1. The van der Waals surface area contributed by atoms with E-state index in [2.05, 4.69) is 5.32 Å². The van der Waals surface area contributed by atoms with Crippen molar-refractivity contribution in [2.45, 2.75) is 12.5 Å². The quantitative estimate of drug-likeness (QED) is 0.506. The number of nitrogens with one attached hydrogen (secondary N) is 1. The number of benzene rings is 3. The topological polar surface area (TPSA) is 49.3 Å². The maximum atomic E-state index is 12.6. The van der Waals surface area contributed by atoms with Crippen molar-refractivity contribution in [3.8, 4) is 5.75 Å². The van der Waals surface area contributed by atoms with Crippen molar-refractivity contribution >= 4 is 11.5 Å². The second-order valence-corrected chi connectivity index (χ2v) is 5.62. The molecule has 2 N–H and O–H groups in total. The largest absolute Gasteiger partial charge is 0.506 e. The van der Waals surface area contributed by atoms with Gasteiger partial charge < -0.3 is 10.4 Å². The van der Waals surface area contributed by atoms with Crippen molar-refractivity contribution in [2.75, 3.05) is 5.32 Å². The fraction of sp³-hybridized carbons (Fsp3) is 0.0952. The van der Waals surface area contributed by atoms with Crippen molar-refractivity contribution in [1.29, 1.82) is 0 Å². The molecule has 3 aromatic carbocycles. The van der Waals surface area contributed by atoms with Gasteiger partial charge in [-0.2, -0.15) is 0 Å². The molecule has 0 fully saturated rings. The smallest absolute Gasteiger partial charge is 0.165 e. The summed E-state index contributed by atoms with van der Waals surface area (Å²) in [6, 6.07) is 25.9. The lowest BCUT2D eigenvalue weighted by atomic mass is 9.97. The summed E-state index contributed by atoms with van der Waals surface area (Å²) in [5.41, 5.74) is 2.31. The predicted molar refractivity (Wildman–Crippen MR) is 96.3 cm³/mol. The van der Waals surface area contributed by atoms with Crippen LogP contribution >= 0.6 is 0 Å². The molecular formula is C21H19NO2. The molecule has 3 rings (SSSR count). The van der Waals surface area contributed by atoms with E-state index in [9.17, 15) is 9.90 Å². The molecule has 24 heavy (non-hydrogen) atoms. The number of aromatic hydroxyl groups is 1. The van der Waals surface area contributed by atoms with Gasteiger partial charge in [0.15, 0.2) is 5.78 Å². The van der Waals surface area contributed by atoms with Crippen molar-refractivity contribution < 1.29 is 9.90 Å². The van der Waals surface area contributed by atoms with Gasteiger partial charge in [-0.3, -0.25) is 4.79 Å². The number of para-hydroxylation sites is 2. The molecule has 0 heterocycles. The number of anilines is 1. The molecule has 1 unspecified atom stereocenters.